The van der Waals surface area contributed by atoms with Crippen LogP contribution in [0.3, 0.4) is 0 Å². The van der Waals surface area contributed by atoms with Gasteiger partial charge in [0.15, 0.2) is 0 Å². The Morgan fingerprint density at radius 2 is 1.95 bits per heavy atom. The Balaban J connectivity index is 2.37. The monoisotopic (exact) mass is 296 g/mol. The normalized spacial score (nSPS) is 20.8. The molecule has 0 saturated carbocycles. The molecule has 1 unspecified atom stereocenters. The average molecular weight is 296 g/mol. The lowest BCUT2D eigenvalue weighted by atomic mass is 9.96. The number of benzene rings is 1. The fraction of sp³-hybridized carbons (Fsp3) is 0.600. The maximum Gasteiger partial charge on any atom is 0.243 e. The van der Waals surface area contributed by atoms with Crippen molar-refractivity contribution in [2.24, 2.45) is 11.8 Å². The van der Waals surface area contributed by atoms with Gasteiger partial charge in [-0.25, -0.2) is 8.42 Å². The maximum atomic E-state index is 12.8. The van der Waals surface area contributed by atoms with E-state index >= 15 is 0 Å². The number of rotatable bonds is 3. The molecule has 1 aromatic rings. The molecule has 20 heavy (non-hydrogen) atoms. The second-order valence-corrected chi connectivity index (χ2v) is 8.04. The quantitative estimate of drug-likeness (QED) is 0.872. The molecule has 1 heterocycles. The fourth-order valence-electron chi connectivity index (χ4n) is 2.78. The Hall–Kier alpha value is -1.07. The second kappa shape index (κ2) is 5.37. The summed E-state index contributed by atoms with van der Waals surface area (Å²) in [5.74, 6) is 0.964. The van der Waals surface area contributed by atoms with Gasteiger partial charge in [0.2, 0.25) is 10.0 Å². The zero-order valence-electron chi connectivity index (χ0n) is 12.7. The molecule has 0 aromatic heterocycles. The molecule has 4 nitrogen and oxygen atoms in total. The van der Waals surface area contributed by atoms with Crippen molar-refractivity contribution in [3.63, 3.8) is 0 Å². The lowest BCUT2D eigenvalue weighted by Crippen LogP contribution is -2.30. The molecule has 2 rings (SSSR count). The summed E-state index contributed by atoms with van der Waals surface area (Å²) in [5, 5.41) is 0. The maximum absolute atomic E-state index is 12.8. The highest BCUT2D eigenvalue weighted by Crippen LogP contribution is 2.31. The summed E-state index contributed by atoms with van der Waals surface area (Å²) < 4.78 is 27.2. The van der Waals surface area contributed by atoms with E-state index in [4.69, 9.17) is 5.73 Å². The summed E-state index contributed by atoms with van der Waals surface area (Å²) in [6, 6.07) is 3.54. The van der Waals surface area contributed by atoms with Gasteiger partial charge in [0.1, 0.15) is 0 Å². The largest absolute Gasteiger partial charge is 0.398 e. The Morgan fingerprint density at radius 3 is 2.50 bits per heavy atom. The third kappa shape index (κ3) is 2.69. The first-order valence-electron chi connectivity index (χ1n) is 7.10. The van der Waals surface area contributed by atoms with Crippen molar-refractivity contribution in [3.8, 4) is 0 Å². The van der Waals surface area contributed by atoms with Crippen molar-refractivity contribution >= 4 is 15.7 Å². The SMILES string of the molecule is Cc1cc(N)c(C)c(S(=O)(=O)N2CCC(C(C)C)C2)c1. The second-order valence-electron chi connectivity index (χ2n) is 6.13. The lowest BCUT2D eigenvalue weighted by Gasteiger charge is -2.20. The first kappa shape index (κ1) is 15.3. The molecule has 5 heteroatoms. The van der Waals surface area contributed by atoms with Gasteiger partial charge in [-0.05, 0) is 55.4 Å². The van der Waals surface area contributed by atoms with Crippen LogP contribution < -0.4 is 5.73 Å². The molecule has 1 atom stereocenters. The minimum atomic E-state index is -3.43. The molecule has 0 spiro atoms. The van der Waals surface area contributed by atoms with Crippen molar-refractivity contribution < 1.29 is 8.42 Å². The molecule has 0 aliphatic carbocycles. The summed E-state index contributed by atoms with van der Waals surface area (Å²) in [6.45, 7) is 9.17. The van der Waals surface area contributed by atoms with Crippen molar-refractivity contribution in [1.29, 1.82) is 0 Å². The van der Waals surface area contributed by atoms with Crippen LogP contribution in [-0.4, -0.2) is 25.8 Å². The first-order valence-corrected chi connectivity index (χ1v) is 8.54. The van der Waals surface area contributed by atoms with Gasteiger partial charge in [0, 0.05) is 18.8 Å². The highest BCUT2D eigenvalue weighted by atomic mass is 32.2. The van der Waals surface area contributed by atoms with E-state index in [2.05, 4.69) is 13.8 Å². The van der Waals surface area contributed by atoms with Crippen LogP contribution in [0, 0.1) is 25.7 Å². The van der Waals surface area contributed by atoms with Gasteiger partial charge >= 0.3 is 0 Å². The van der Waals surface area contributed by atoms with E-state index in [0.29, 0.717) is 41.1 Å². The van der Waals surface area contributed by atoms with Gasteiger partial charge in [0.05, 0.1) is 4.90 Å². The summed E-state index contributed by atoms with van der Waals surface area (Å²) in [6.07, 6.45) is 0.942. The Labute approximate surface area is 122 Å². The number of nitrogen functional groups attached to an aromatic ring is 1. The fourth-order valence-corrected chi connectivity index (χ4v) is 4.63. The van der Waals surface area contributed by atoms with Gasteiger partial charge in [-0.1, -0.05) is 13.8 Å². The van der Waals surface area contributed by atoms with Gasteiger partial charge < -0.3 is 5.73 Å². The third-order valence-electron chi connectivity index (χ3n) is 4.29. The van der Waals surface area contributed by atoms with Crippen molar-refractivity contribution in [1.82, 2.24) is 4.31 Å². The van der Waals surface area contributed by atoms with E-state index in [9.17, 15) is 8.42 Å². The van der Waals surface area contributed by atoms with E-state index in [-0.39, 0.29) is 0 Å². The molecule has 1 aromatic carbocycles. The molecular weight excluding hydrogens is 272 g/mol. The van der Waals surface area contributed by atoms with Crippen LogP contribution in [0.5, 0.6) is 0 Å². The lowest BCUT2D eigenvalue weighted by molar-refractivity contribution is 0.388. The number of aryl methyl sites for hydroxylation is 1. The van der Waals surface area contributed by atoms with Crippen LogP contribution in [-0.2, 0) is 10.0 Å². The van der Waals surface area contributed by atoms with E-state index in [1.165, 1.54) is 0 Å². The van der Waals surface area contributed by atoms with Crippen LogP contribution in [0.15, 0.2) is 17.0 Å². The van der Waals surface area contributed by atoms with Crippen molar-refractivity contribution in [2.75, 3.05) is 18.8 Å². The third-order valence-corrected chi connectivity index (χ3v) is 6.28. The number of anilines is 1. The number of nitrogens with two attached hydrogens (primary N) is 1. The molecule has 1 aliphatic heterocycles. The van der Waals surface area contributed by atoms with E-state index < -0.39 is 10.0 Å². The number of sulfonamides is 1. The predicted octanol–water partition coefficient (Wildman–Crippen LogP) is 2.55. The molecule has 0 radical (unpaired) electrons. The van der Waals surface area contributed by atoms with Crippen LogP contribution >= 0.6 is 0 Å². The van der Waals surface area contributed by atoms with Crippen molar-refractivity contribution in [3.05, 3.63) is 23.3 Å². The molecule has 1 saturated heterocycles. The number of nitrogens with zero attached hydrogens (tertiary/aromatic N) is 1. The zero-order chi connectivity index (χ0) is 15.1. The van der Waals surface area contributed by atoms with Crippen molar-refractivity contribution in [2.45, 2.75) is 39.0 Å². The summed E-state index contributed by atoms with van der Waals surface area (Å²) in [4.78, 5) is 0.361. The number of hydrogen-bond donors (Lipinski definition) is 1. The molecule has 112 valence electrons. The Bertz CT molecular complexity index is 609. The smallest absolute Gasteiger partial charge is 0.243 e. The molecule has 0 amide bonds. The Kier molecular flexibility index (Phi) is 4.12. The molecular formula is C15H24N2O2S. The topological polar surface area (TPSA) is 63.4 Å². The highest BCUT2D eigenvalue weighted by molar-refractivity contribution is 7.89. The van der Waals surface area contributed by atoms with Crippen LogP contribution in [0.1, 0.15) is 31.4 Å². The molecule has 1 fully saturated rings. The van der Waals surface area contributed by atoms with Gasteiger partial charge in [0.25, 0.3) is 0 Å². The predicted molar refractivity (Wildman–Crippen MR) is 82.0 cm³/mol. The van der Waals surface area contributed by atoms with Gasteiger partial charge in [-0.15, -0.1) is 0 Å². The molecule has 1 aliphatic rings. The van der Waals surface area contributed by atoms with Gasteiger partial charge in [-0.3, -0.25) is 0 Å². The van der Waals surface area contributed by atoms with Crippen LogP contribution in [0.4, 0.5) is 5.69 Å². The summed E-state index contributed by atoms with van der Waals surface area (Å²) in [7, 11) is -3.43. The van der Waals surface area contributed by atoms with Gasteiger partial charge in [-0.2, -0.15) is 4.31 Å². The van der Waals surface area contributed by atoms with E-state index in [0.717, 1.165) is 12.0 Å². The van der Waals surface area contributed by atoms with Crippen LogP contribution in [0.25, 0.3) is 0 Å². The summed E-state index contributed by atoms with van der Waals surface area (Å²) in [5.41, 5.74) is 7.99. The highest BCUT2D eigenvalue weighted by Gasteiger charge is 2.34. The zero-order valence-corrected chi connectivity index (χ0v) is 13.5. The number of hydrogen-bond acceptors (Lipinski definition) is 3. The average Bonchev–Trinajstić information content (AvgIpc) is 2.83. The van der Waals surface area contributed by atoms with E-state index in [1.54, 1.807) is 17.3 Å². The van der Waals surface area contributed by atoms with E-state index in [1.807, 2.05) is 13.0 Å². The standard InChI is InChI=1S/C15H24N2O2S/c1-10(2)13-5-6-17(9-13)20(18,19)15-8-11(3)7-14(16)12(15)4/h7-8,10,13H,5-6,9,16H2,1-4H3. The molecule has 0 bridgehead atoms. The minimum Gasteiger partial charge on any atom is -0.398 e. The molecule has 2 N–H and O–H groups in total. The Morgan fingerprint density at radius 1 is 1.30 bits per heavy atom. The summed E-state index contributed by atoms with van der Waals surface area (Å²) >= 11 is 0. The van der Waals surface area contributed by atoms with Crippen LogP contribution in [0.2, 0.25) is 0 Å². The minimum absolute atomic E-state index is 0.361. The first-order chi connectivity index (χ1) is 9.23.